The first kappa shape index (κ1) is 14.1. The van der Waals surface area contributed by atoms with Gasteiger partial charge in [0, 0.05) is 0 Å². The van der Waals surface area contributed by atoms with Gasteiger partial charge in [-0.1, -0.05) is 29.3 Å². The number of hydrogen-bond donors (Lipinski definition) is 3. The molecule has 3 amide bonds. The molecule has 1 rings (SSSR count). The van der Waals surface area contributed by atoms with E-state index in [0.29, 0.717) is 10.7 Å². The van der Waals surface area contributed by atoms with Gasteiger partial charge >= 0.3 is 6.03 Å². The Bertz CT molecular complexity index is 513. The molecule has 0 heterocycles. The van der Waals surface area contributed by atoms with E-state index in [-0.39, 0.29) is 11.4 Å². The number of carbonyl (C=O) groups excluding carboxylic acids is 2. The number of nitriles is 1. The quantitative estimate of drug-likeness (QED) is 0.727. The predicted molar refractivity (Wildman–Crippen MR) is 67.0 cm³/mol. The zero-order chi connectivity index (χ0) is 13.5. The summed E-state index contributed by atoms with van der Waals surface area (Å²) in [7, 11) is 0. The molecular weight excluding hydrogens is 279 g/mol. The fraction of sp³-hybridized carbons (Fsp3) is 0.100. The van der Waals surface area contributed by atoms with Crippen LogP contribution >= 0.6 is 23.2 Å². The zero-order valence-corrected chi connectivity index (χ0v) is 10.5. The normalized spacial score (nSPS) is 9.17. The van der Waals surface area contributed by atoms with E-state index in [0.717, 1.165) is 0 Å². The molecule has 0 unspecified atom stereocenters. The van der Waals surface area contributed by atoms with Crippen LogP contribution in [-0.2, 0) is 4.79 Å². The summed E-state index contributed by atoms with van der Waals surface area (Å²) >= 11 is 11.6. The zero-order valence-electron chi connectivity index (χ0n) is 8.96. The van der Waals surface area contributed by atoms with Crippen molar-refractivity contribution in [2.75, 3.05) is 5.32 Å². The Morgan fingerprint density at radius 1 is 1.28 bits per heavy atom. The lowest BCUT2D eigenvalue weighted by molar-refractivity contribution is -0.120. The van der Waals surface area contributed by atoms with Gasteiger partial charge in [0.25, 0.3) is 5.91 Å². The van der Waals surface area contributed by atoms with Gasteiger partial charge in [-0.3, -0.25) is 10.2 Å². The third-order valence-electron chi connectivity index (χ3n) is 1.75. The standard InChI is InChI=1S/C10H8Cl2N4O2/c11-6-2-1-3-7(9(6)12)14-10(18)16-15-8(17)4-5-13/h1-3H,4H2,(H,15,17)(H2,14,16,18). The molecule has 8 heteroatoms. The highest BCUT2D eigenvalue weighted by atomic mass is 35.5. The average molecular weight is 287 g/mol. The lowest BCUT2D eigenvalue weighted by Gasteiger charge is -2.09. The Morgan fingerprint density at radius 2 is 2.00 bits per heavy atom. The number of urea groups is 1. The second-order valence-electron chi connectivity index (χ2n) is 3.06. The van der Waals surface area contributed by atoms with Crippen molar-refractivity contribution in [3.05, 3.63) is 28.2 Å². The van der Waals surface area contributed by atoms with Crippen LogP contribution in [0, 0.1) is 11.3 Å². The van der Waals surface area contributed by atoms with Gasteiger partial charge in [-0.25, -0.2) is 10.2 Å². The molecule has 3 N–H and O–H groups in total. The van der Waals surface area contributed by atoms with Crippen LogP contribution in [0.25, 0.3) is 0 Å². The predicted octanol–water partition coefficient (Wildman–Crippen LogP) is 2.06. The van der Waals surface area contributed by atoms with Gasteiger partial charge < -0.3 is 5.32 Å². The maximum absolute atomic E-state index is 11.4. The lowest BCUT2D eigenvalue weighted by atomic mass is 10.3. The second-order valence-corrected chi connectivity index (χ2v) is 3.85. The Kier molecular flexibility index (Phi) is 5.24. The number of amides is 3. The summed E-state index contributed by atoms with van der Waals surface area (Å²) in [5, 5.41) is 11.1. The molecule has 0 radical (unpaired) electrons. The Morgan fingerprint density at radius 3 is 2.67 bits per heavy atom. The van der Waals surface area contributed by atoms with E-state index < -0.39 is 11.9 Å². The van der Waals surface area contributed by atoms with Crippen molar-refractivity contribution >= 4 is 40.8 Å². The van der Waals surface area contributed by atoms with E-state index in [1.807, 2.05) is 5.43 Å². The van der Waals surface area contributed by atoms with E-state index in [2.05, 4.69) is 10.7 Å². The summed E-state index contributed by atoms with van der Waals surface area (Å²) in [6.07, 6.45) is -0.349. The first-order valence-corrected chi connectivity index (χ1v) is 5.47. The van der Waals surface area contributed by atoms with E-state index in [1.165, 1.54) is 0 Å². The monoisotopic (exact) mass is 286 g/mol. The number of hydrogen-bond acceptors (Lipinski definition) is 3. The summed E-state index contributed by atoms with van der Waals surface area (Å²) < 4.78 is 0. The van der Waals surface area contributed by atoms with Gasteiger partial charge in [-0.2, -0.15) is 5.26 Å². The fourth-order valence-electron chi connectivity index (χ4n) is 0.996. The number of carbonyl (C=O) groups is 2. The Labute approximate surface area is 113 Å². The van der Waals surface area contributed by atoms with Gasteiger partial charge in [-0.15, -0.1) is 0 Å². The minimum Gasteiger partial charge on any atom is -0.305 e. The van der Waals surface area contributed by atoms with E-state index in [4.69, 9.17) is 28.5 Å². The maximum Gasteiger partial charge on any atom is 0.337 e. The van der Waals surface area contributed by atoms with Crippen LogP contribution < -0.4 is 16.2 Å². The minimum absolute atomic E-state index is 0.192. The van der Waals surface area contributed by atoms with Crippen molar-refractivity contribution in [3.63, 3.8) is 0 Å². The number of anilines is 1. The number of halogens is 2. The Balaban J connectivity index is 2.53. The Hall–Kier alpha value is -1.97. The van der Waals surface area contributed by atoms with Gasteiger partial charge in [0.05, 0.1) is 21.8 Å². The summed E-state index contributed by atoms with van der Waals surface area (Å²) in [6.45, 7) is 0. The number of benzene rings is 1. The number of nitrogens with one attached hydrogen (secondary N) is 3. The van der Waals surface area contributed by atoms with Crippen LogP contribution in [0.2, 0.25) is 10.0 Å². The summed E-state index contributed by atoms with van der Waals surface area (Å²) in [5.74, 6) is -0.621. The third-order valence-corrected chi connectivity index (χ3v) is 2.57. The van der Waals surface area contributed by atoms with Crippen molar-refractivity contribution in [1.82, 2.24) is 10.9 Å². The number of hydrazine groups is 1. The molecule has 0 atom stereocenters. The first-order valence-electron chi connectivity index (χ1n) is 4.71. The van der Waals surface area contributed by atoms with Crippen molar-refractivity contribution in [2.45, 2.75) is 6.42 Å². The first-order chi connectivity index (χ1) is 8.54. The SMILES string of the molecule is N#CCC(=O)NNC(=O)Nc1cccc(Cl)c1Cl. The van der Waals surface area contributed by atoms with Crippen molar-refractivity contribution in [1.29, 1.82) is 5.26 Å². The van der Waals surface area contributed by atoms with Crippen LogP contribution in [0.4, 0.5) is 10.5 Å². The largest absolute Gasteiger partial charge is 0.337 e. The molecule has 0 aliphatic heterocycles. The molecule has 1 aromatic rings. The fourth-order valence-corrected chi connectivity index (χ4v) is 1.34. The van der Waals surface area contributed by atoms with Crippen molar-refractivity contribution < 1.29 is 9.59 Å². The molecule has 6 nitrogen and oxygen atoms in total. The third kappa shape index (κ3) is 4.13. The molecule has 0 spiro atoms. The van der Waals surface area contributed by atoms with Crippen LogP contribution in [-0.4, -0.2) is 11.9 Å². The van der Waals surface area contributed by atoms with E-state index in [9.17, 15) is 9.59 Å². The average Bonchev–Trinajstić information content (AvgIpc) is 2.33. The van der Waals surface area contributed by atoms with Crippen LogP contribution in [0.5, 0.6) is 0 Å². The van der Waals surface area contributed by atoms with Gasteiger partial charge in [-0.05, 0) is 12.1 Å². The lowest BCUT2D eigenvalue weighted by Crippen LogP contribution is -2.43. The highest BCUT2D eigenvalue weighted by molar-refractivity contribution is 6.43. The summed E-state index contributed by atoms with van der Waals surface area (Å²) in [5.41, 5.74) is 4.40. The molecular formula is C10H8Cl2N4O2. The molecule has 94 valence electrons. The molecule has 1 aromatic carbocycles. The smallest absolute Gasteiger partial charge is 0.305 e. The summed E-state index contributed by atoms with van der Waals surface area (Å²) in [6, 6.07) is 5.66. The molecule has 0 aliphatic carbocycles. The highest BCUT2D eigenvalue weighted by Gasteiger charge is 2.08. The molecule has 0 aliphatic rings. The van der Waals surface area contributed by atoms with Crippen molar-refractivity contribution in [2.24, 2.45) is 0 Å². The van der Waals surface area contributed by atoms with Gasteiger partial charge in [0.15, 0.2) is 0 Å². The molecule has 0 saturated carbocycles. The van der Waals surface area contributed by atoms with E-state index >= 15 is 0 Å². The molecule has 18 heavy (non-hydrogen) atoms. The van der Waals surface area contributed by atoms with Crippen molar-refractivity contribution in [3.8, 4) is 6.07 Å². The summed E-state index contributed by atoms with van der Waals surface area (Å²) in [4.78, 5) is 22.3. The second kappa shape index (κ2) is 6.69. The van der Waals surface area contributed by atoms with Gasteiger partial charge in [0.1, 0.15) is 6.42 Å². The topological polar surface area (TPSA) is 94.0 Å². The van der Waals surface area contributed by atoms with Crippen LogP contribution in [0.3, 0.4) is 0 Å². The van der Waals surface area contributed by atoms with Crippen LogP contribution in [0.1, 0.15) is 6.42 Å². The highest BCUT2D eigenvalue weighted by Crippen LogP contribution is 2.29. The minimum atomic E-state index is -0.703. The van der Waals surface area contributed by atoms with E-state index in [1.54, 1.807) is 24.3 Å². The molecule has 0 saturated heterocycles. The molecule has 0 bridgehead atoms. The molecule has 0 aromatic heterocycles. The maximum atomic E-state index is 11.4. The number of rotatable bonds is 2. The van der Waals surface area contributed by atoms with Crippen LogP contribution in [0.15, 0.2) is 18.2 Å². The molecule has 0 fully saturated rings. The van der Waals surface area contributed by atoms with Gasteiger partial charge in [0.2, 0.25) is 0 Å². The number of nitrogens with zero attached hydrogens (tertiary/aromatic N) is 1.